The zero-order chi connectivity index (χ0) is 20.7. The third-order valence-electron chi connectivity index (χ3n) is 5.54. The number of nitrogens with one attached hydrogen (secondary N) is 1. The van der Waals surface area contributed by atoms with Crippen LogP contribution in [-0.2, 0) is 4.79 Å². The molecule has 3 nitrogen and oxygen atoms in total. The zero-order valence-corrected chi connectivity index (χ0v) is 16.9. The van der Waals surface area contributed by atoms with E-state index in [0.717, 1.165) is 38.7 Å². The minimum absolute atomic E-state index is 0.413. The number of amides is 1. The molecule has 0 radical (unpaired) electrons. The molecule has 1 atom stereocenters. The summed E-state index contributed by atoms with van der Waals surface area (Å²) in [5, 5.41) is 3.86. The van der Waals surface area contributed by atoms with Crippen LogP contribution in [0, 0.1) is 0 Å². The molecule has 0 bridgehead atoms. The number of para-hydroxylation sites is 1. The molecule has 1 heterocycles. The Labute approximate surface area is 179 Å². The molecule has 0 aliphatic rings. The molecule has 5 aromatic rings. The van der Waals surface area contributed by atoms with Crippen LogP contribution in [-0.4, -0.2) is 10.9 Å². The van der Waals surface area contributed by atoms with Crippen LogP contribution in [0.4, 0.5) is 0 Å². The first-order chi connectivity index (χ1) is 14.6. The van der Waals surface area contributed by atoms with Gasteiger partial charge in [-0.15, -0.1) is 0 Å². The summed E-state index contributed by atoms with van der Waals surface area (Å²) < 4.78 is 0. The van der Waals surface area contributed by atoms with Gasteiger partial charge in [-0.3, -0.25) is 4.79 Å². The van der Waals surface area contributed by atoms with Gasteiger partial charge in [0.2, 0.25) is 5.91 Å². The number of H-pyrrole nitrogens is 1. The minimum atomic E-state index is -0.624. The Morgan fingerprint density at radius 3 is 2.40 bits per heavy atom. The highest BCUT2D eigenvalue weighted by Crippen LogP contribution is 2.39. The van der Waals surface area contributed by atoms with Crippen LogP contribution in [0.2, 0.25) is 5.02 Å². The van der Waals surface area contributed by atoms with Gasteiger partial charge in [0.05, 0.1) is 11.6 Å². The second-order valence-electron chi connectivity index (χ2n) is 7.41. The third-order valence-corrected chi connectivity index (χ3v) is 5.77. The number of fused-ring (bicyclic) bond motifs is 2. The molecule has 5 rings (SSSR count). The fourth-order valence-corrected chi connectivity index (χ4v) is 4.39. The second kappa shape index (κ2) is 7.36. The molecule has 0 fully saturated rings. The van der Waals surface area contributed by atoms with Gasteiger partial charge in [-0.25, -0.2) is 0 Å². The molecule has 1 amide bonds. The Morgan fingerprint density at radius 2 is 1.60 bits per heavy atom. The van der Waals surface area contributed by atoms with Gasteiger partial charge in [0.15, 0.2) is 0 Å². The number of aromatic nitrogens is 1. The summed E-state index contributed by atoms with van der Waals surface area (Å²) in [6.07, 6.45) is 0. The average Bonchev–Trinajstić information content (AvgIpc) is 3.13. The first-order valence-electron chi connectivity index (χ1n) is 9.76. The van der Waals surface area contributed by atoms with Crippen LogP contribution in [0.15, 0.2) is 91.0 Å². The second-order valence-corrected chi connectivity index (χ2v) is 7.85. The molecule has 4 heteroatoms. The SMILES string of the molecule is NC(=O)C(c1cccc(Cl)c1)c1c(-c2ccc3ccccc3c2)[nH]c2ccccc12. The standard InChI is InChI=1S/C26H19ClN2O/c27-20-9-5-8-18(15-20)23(26(28)30)24-21-10-3-4-11-22(21)29-25(24)19-13-12-16-6-1-2-7-17(16)14-19/h1-15,23,29H,(H2,28,30). The molecule has 1 aromatic heterocycles. The lowest BCUT2D eigenvalue weighted by molar-refractivity contribution is -0.118. The highest BCUT2D eigenvalue weighted by Gasteiger charge is 2.27. The maximum Gasteiger partial charge on any atom is 0.229 e. The van der Waals surface area contributed by atoms with Crippen molar-refractivity contribution in [2.75, 3.05) is 0 Å². The summed E-state index contributed by atoms with van der Waals surface area (Å²) in [7, 11) is 0. The van der Waals surface area contributed by atoms with Gasteiger partial charge in [0.1, 0.15) is 0 Å². The summed E-state index contributed by atoms with van der Waals surface area (Å²) in [5.41, 5.74) is 10.5. The molecule has 30 heavy (non-hydrogen) atoms. The van der Waals surface area contributed by atoms with Crippen molar-refractivity contribution >= 4 is 39.2 Å². The van der Waals surface area contributed by atoms with E-state index in [-0.39, 0.29) is 0 Å². The number of halogens is 1. The van der Waals surface area contributed by atoms with E-state index in [1.165, 1.54) is 5.39 Å². The van der Waals surface area contributed by atoms with Crippen molar-refractivity contribution in [3.8, 4) is 11.3 Å². The van der Waals surface area contributed by atoms with Crippen LogP contribution in [0.25, 0.3) is 32.9 Å². The van der Waals surface area contributed by atoms with Crippen molar-refractivity contribution in [2.45, 2.75) is 5.92 Å². The van der Waals surface area contributed by atoms with E-state index in [0.29, 0.717) is 5.02 Å². The van der Waals surface area contributed by atoms with E-state index in [2.05, 4.69) is 35.3 Å². The molecule has 4 aromatic carbocycles. The zero-order valence-electron chi connectivity index (χ0n) is 16.1. The van der Waals surface area contributed by atoms with E-state index in [1.54, 1.807) is 6.07 Å². The Bertz CT molecular complexity index is 1400. The molecule has 0 spiro atoms. The Balaban J connectivity index is 1.81. The Kier molecular flexibility index (Phi) is 4.53. The normalized spacial score (nSPS) is 12.3. The number of carbonyl (C=O) groups excluding carboxylic acids is 1. The van der Waals surface area contributed by atoms with Crippen LogP contribution < -0.4 is 5.73 Å². The predicted molar refractivity (Wildman–Crippen MR) is 124 cm³/mol. The number of aromatic amines is 1. The van der Waals surface area contributed by atoms with E-state index in [1.807, 2.05) is 54.6 Å². The summed E-state index contributed by atoms with van der Waals surface area (Å²) in [5.74, 6) is -1.04. The lowest BCUT2D eigenvalue weighted by Crippen LogP contribution is -2.22. The smallest absolute Gasteiger partial charge is 0.229 e. The van der Waals surface area contributed by atoms with Crippen molar-refractivity contribution in [1.29, 1.82) is 0 Å². The molecular weight excluding hydrogens is 392 g/mol. The van der Waals surface area contributed by atoms with Gasteiger partial charge >= 0.3 is 0 Å². The lowest BCUT2D eigenvalue weighted by Gasteiger charge is -2.17. The lowest BCUT2D eigenvalue weighted by atomic mass is 9.87. The monoisotopic (exact) mass is 410 g/mol. The highest BCUT2D eigenvalue weighted by atomic mass is 35.5. The molecule has 0 aliphatic heterocycles. The number of nitrogens with two attached hydrogens (primary N) is 1. The summed E-state index contributed by atoms with van der Waals surface area (Å²) in [6, 6.07) is 29.9. The summed E-state index contributed by atoms with van der Waals surface area (Å²) >= 11 is 6.24. The van der Waals surface area contributed by atoms with E-state index in [4.69, 9.17) is 17.3 Å². The first kappa shape index (κ1) is 18.5. The molecule has 1 unspecified atom stereocenters. The van der Waals surface area contributed by atoms with E-state index >= 15 is 0 Å². The maximum atomic E-state index is 12.7. The highest BCUT2D eigenvalue weighted by molar-refractivity contribution is 6.30. The number of hydrogen-bond acceptors (Lipinski definition) is 1. The van der Waals surface area contributed by atoms with Crippen molar-refractivity contribution in [3.63, 3.8) is 0 Å². The van der Waals surface area contributed by atoms with Gasteiger partial charge in [0, 0.05) is 21.5 Å². The molecule has 0 saturated heterocycles. The van der Waals surface area contributed by atoms with Gasteiger partial charge in [-0.05, 0) is 46.2 Å². The van der Waals surface area contributed by atoms with Crippen molar-refractivity contribution in [1.82, 2.24) is 4.98 Å². The largest absolute Gasteiger partial charge is 0.369 e. The molecule has 146 valence electrons. The van der Waals surface area contributed by atoms with Crippen molar-refractivity contribution in [2.24, 2.45) is 5.73 Å². The Morgan fingerprint density at radius 1 is 0.833 bits per heavy atom. The predicted octanol–water partition coefficient (Wildman–Crippen LogP) is 6.26. The number of primary amides is 1. The van der Waals surface area contributed by atoms with Crippen LogP contribution in [0.3, 0.4) is 0 Å². The molecular formula is C26H19ClN2O. The van der Waals surface area contributed by atoms with Gasteiger partial charge in [0.25, 0.3) is 0 Å². The van der Waals surface area contributed by atoms with Crippen molar-refractivity contribution < 1.29 is 4.79 Å². The number of benzene rings is 4. The Hall–Kier alpha value is -3.56. The van der Waals surface area contributed by atoms with Gasteiger partial charge in [-0.2, -0.15) is 0 Å². The average molecular weight is 411 g/mol. The molecule has 3 N–H and O–H groups in total. The van der Waals surface area contributed by atoms with E-state index in [9.17, 15) is 4.79 Å². The van der Waals surface area contributed by atoms with Crippen molar-refractivity contribution in [3.05, 3.63) is 107 Å². The first-order valence-corrected chi connectivity index (χ1v) is 10.1. The number of carbonyl (C=O) groups is 1. The van der Waals surface area contributed by atoms with Crippen LogP contribution >= 0.6 is 11.6 Å². The van der Waals surface area contributed by atoms with E-state index < -0.39 is 11.8 Å². The fourth-order valence-electron chi connectivity index (χ4n) is 4.20. The quantitative estimate of drug-likeness (QED) is 0.361. The number of rotatable bonds is 4. The summed E-state index contributed by atoms with van der Waals surface area (Å²) in [6.45, 7) is 0. The van der Waals surface area contributed by atoms with Gasteiger partial charge in [-0.1, -0.05) is 78.3 Å². The van der Waals surface area contributed by atoms with Crippen LogP contribution in [0.5, 0.6) is 0 Å². The summed E-state index contributed by atoms with van der Waals surface area (Å²) in [4.78, 5) is 16.2. The van der Waals surface area contributed by atoms with Gasteiger partial charge < -0.3 is 10.7 Å². The molecule has 0 saturated carbocycles. The molecule has 0 aliphatic carbocycles. The maximum absolute atomic E-state index is 12.7. The van der Waals surface area contributed by atoms with Crippen LogP contribution in [0.1, 0.15) is 17.0 Å². The topological polar surface area (TPSA) is 58.9 Å². The third kappa shape index (κ3) is 3.14. The fraction of sp³-hybridized carbons (Fsp3) is 0.0385. The minimum Gasteiger partial charge on any atom is -0.369 e. The number of hydrogen-bond donors (Lipinski definition) is 2.